The molecule has 1 aliphatic rings. The summed E-state index contributed by atoms with van der Waals surface area (Å²) in [4.78, 5) is 36.7. The number of nitrogens with one attached hydrogen (secondary N) is 2. The van der Waals surface area contributed by atoms with Crippen LogP contribution in [0.4, 0.5) is 4.79 Å². The summed E-state index contributed by atoms with van der Waals surface area (Å²) >= 11 is 0. The lowest BCUT2D eigenvalue weighted by molar-refractivity contribution is -0.142. The number of benzene rings is 1. The zero-order chi connectivity index (χ0) is 17.7. The first-order valence-electron chi connectivity index (χ1n) is 8.00. The molecule has 0 aliphatic carbocycles. The van der Waals surface area contributed by atoms with E-state index < -0.39 is 17.9 Å². The van der Waals surface area contributed by atoms with Crippen LogP contribution >= 0.6 is 0 Å². The van der Waals surface area contributed by atoms with Crippen molar-refractivity contribution in [1.29, 1.82) is 0 Å². The van der Waals surface area contributed by atoms with Gasteiger partial charge in [-0.05, 0) is 23.5 Å². The topological polar surface area (TPSA) is 98.7 Å². The molecule has 1 aromatic carbocycles. The van der Waals surface area contributed by atoms with E-state index in [1.165, 1.54) is 5.56 Å². The highest BCUT2D eigenvalue weighted by atomic mass is 16.4. The summed E-state index contributed by atoms with van der Waals surface area (Å²) in [7, 11) is 0. The van der Waals surface area contributed by atoms with E-state index in [1.54, 1.807) is 18.7 Å². The molecular formula is C17H23N3O4. The van der Waals surface area contributed by atoms with E-state index >= 15 is 0 Å². The number of hydrogen-bond donors (Lipinski definition) is 3. The molecule has 0 unspecified atom stereocenters. The average molecular weight is 333 g/mol. The number of urea groups is 1. The molecule has 24 heavy (non-hydrogen) atoms. The van der Waals surface area contributed by atoms with Crippen molar-refractivity contribution in [2.45, 2.75) is 32.9 Å². The third kappa shape index (κ3) is 4.47. The number of carbonyl (C=O) groups excluding carboxylic acids is 2. The molecule has 3 N–H and O–H groups in total. The minimum absolute atomic E-state index is 0.235. The van der Waals surface area contributed by atoms with E-state index in [1.807, 2.05) is 18.2 Å². The summed E-state index contributed by atoms with van der Waals surface area (Å²) in [6.45, 7) is 4.28. The van der Waals surface area contributed by atoms with E-state index in [-0.39, 0.29) is 18.5 Å². The van der Waals surface area contributed by atoms with Gasteiger partial charge in [0, 0.05) is 13.1 Å². The van der Waals surface area contributed by atoms with Crippen LogP contribution in [0.5, 0.6) is 0 Å². The van der Waals surface area contributed by atoms with Gasteiger partial charge in [0.2, 0.25) is 5.91 Å². The first-order valence-corrected chi connectivity index (χ1v) is 8.00. The summed E-state index contributed by atoms with van der Waals surface area (Å²) < 4.78 is 0. The van der Waals surface area contributed by atoms with Crippen molar-refractivity contribution in [3.63, 3.8) is 0 Å². The van der Waals surface area contributed by atoms with Gasteiger partial charge in [-0.2, -0.15) is 0 Å². The molecule has 0 aromatic heterocycles. The average Bonchev–Trinajstić information content (AvgIpc) is 2.56. The van der Waals surface area contributed by atoms with Gasteiger partial charge < -0.3 is 20.6 Å². The number of amides is 3. The lowest BCUT2D eigenvalue weighted by Crippen LogP contribution is -2.50. The molecule has 1 atom stereocenters. The number of rotatable bonds is 5. The van der Waals surface area contributed by atoms with Crippen molar-refractivity contribution in [3.05, 3.63) is 35.4 Å². The smallest absolute Gasteiger partial charge is 0.326 e. The third-order valence-corrected chi connectivity index (χ3v) is 4.07. The molecule has 0 spiro atoms. The Labute approximate surface area is 141 Å². The maximum atomic E-state index is 12.2. The molecule has 3 amide bonds. The second-order valence-electron chi connectivity index (χ2n) is 6.23. The van der Waals surface area contributed by atoms with Gasteiger partial charge >= 0.3 is 12.0 Å². The van der Waals surface area contributed by atoms with Crippen molar-refractivity contribution in [3.8, 4) is 0 Å². The highest BCUT2D eigenvalue weighted by Crippen LogP contribution is 2.18. The second-order valence-corrected chi connectivity index (χ2v) is 6.23. The molecule has 1 aliphatic heterocycles. The summed E-state index contributed by atoms with van der Waals surface area (Å²) in [6.07, 6.45) is 0.782. The Morgan fingerprint density at radius 2 is 1.88 bits per heavy atom. The lowest BCUT2D eigenvalue weighted by atomic mass is 10.0. The molecule has 0 fully saturated rings. The Morgan fingerprint density at radius 3 is 2.50 bits per heavy atom. The molecule has 0 radical (unpaired) electrons. The van der Waals surface area contributed by atoms with Crippen molar-refractivity contribution in [2.75, 3.05) is 13.1 Å². The van der Waals surface area contributed by atoms with Crippen molar-refractivity contribution < 1.29 is 19.5 Å². The van der Waals surface area contributed by atoms with Crippen LogP contribution in [0.15, 0.2) is 24.3 Å². The fourth-order valence-electron chi connectivity index (χ4n) is 2.67. The maximum Gasteiger partial charge on any atom is 0.326 e. The van der Waals surface area contributed by atoms with Gasteiger partial charge in [-0.3, -0.25) is 4.79 Å². The van der Waals surface area contributed by atoms with Crippen molar-refractivity contribution in [1.82, 2.24) is 15.5 Å². The molecular weight excluding hydrogens is 310 g/mol. The van der Waals surface area contributed by atoms with Crippen LogP contribution in [-0.4, -0.2) is 47.0 Å². The number of hydrogen-bond acceptors (Lipinski definition) is 3. The van der Waals surface area contributed by atoms with E-state index in [2.05, 4.69) is 16.7 Å². The summed E-state index contributed by atoms with van der Waals surface area (Å²) in [5.41, 5.74) is 2.34. The largest absolute Gasteiger partial charge is 0.480 e. The maximum absolute atomic E-state index is 12.2. The fraction of sp³-hybridized carbons (Fsp3) is 0.471. The van der Waals surface area contributed by atoms with Gasteiger partial charge in [0.05, 0.1) is 6.54 Å². The minimum atomic E-state index is -1.09. The lowest BCUT2D eigenvalue weighted by Gasteiger charge is -2.29. The zero-order valence-corrected chi connectivity index (χ0v) is 13.9. The minimum Gasteiger partial charge on any atom is -0.480 e. The molecule has 0 bridgehead atoms. The van der Waals surface area contributed by atoms with Crippen LogP contribution in [0.1, 0.15) is 25.0 Å². The monoisotopic (exact) mass is 333 g/mol. The molecule has 7 nitrogen and oxygen atoms in total. The van der Waals surface area contributed by atoms with Crippen LogP contribution < -0.4 is 10.6 Å². The van der Waals surface area contributed by atoms with Crippen LogP contribution in [0.3, 0.4) is 0 Å². The molecule has 7 heteroatoms. The second kappa shape index (κ2) is 7.81. The van der Waals surface area contributed by atoms with Gasteiger partial charge in [-0.15, -0.1) is 0 Å². The Bertz CT molecular complexity index is 630. The normalized spacial score (nSPS) is 14.7. The molecule has 2 rings (SSSR count). The number of carbonyl (C=O) groups is 3. The van der Waals surface area contributed by atoms with E-state index in [0.29, 0.717) is 13.1 Å². The van der Waals surface area contributed by atoms with Gasteiger partial charge in [0.1, 0.15) is 6.04 Å². The number of carboxylic acids is 1. The highest BCUT2D eigenvalue weighted by molar-refractivity contribution is 5.87. The first-order chi connectivity index (χ1) is 11.4. The van der Waals surface area contributed by atoms with Gasteiger partial charge in [-0.1, -0.05) is 38.1 Å². The predicted octanol–water partition coefficient (Wildman–Crippen LogP) is 0.980. The third-order valence-electron chi connectivity index (χ3n) is 4.07. The quantitative estimate of drug-likeness (QED) is 0.748. The van der Waals surface area contributed by atoms with Crippen LogP contribution in [-0.2, 0) is 22.6 Å². The summed E-state index contributed by atoms with van der Waals surface area (Å²) in [5.74, 6) is -1.83. The Hall–Kier alpha value is -2.57. The number of carboxylic acid groups (broad SMARTS) is 1. The fourth-order valence-corrected chi connectivity index (χ4v) is 2.67. The van der Waals surface area contributed by atoms with Crippen LogP contribution in [0.2, 0.25) is 0 Å². The van der Waals surface area contributed by atoms with E-state index in [0.717, 1.165) is 12.0 Å². The summed E-state index contributed by atoms with van der Waals surface area (Å²) in [5, 5.41) is 14.0. The SMILES string of the molecule is CC(C)[C@@H](NC(=O)CNC(=O)N1CCc2ccccc2C1)C(=O)O. The van der Waals surface area contributed by atoms with Crippen molar-refractivity contribution >= 4 is 17.9 Å². The standard InChI is InChI=1S/C17H23N3O4/c1-11(2)15(16(22)23)19-14(21)9-18-17(24)20-8-7-12-5-3-4-6-13(12)10-20/h3-6,11,15H,7-10H2,1-2H3,(H,18,24)(H,19,21)(H,22,23)/t15-/m1/s1. The molecule has 0 saturated carbocycles. The molecule has 1 heterocycles. The number of fused-ring (bicyclic) bond motifs is 1. The van der Waals surface area contributed by atoms with E-state index in [4.69, 9.17) is 5.11 Å². The van der Waals surface area contributed by atoms with Crippen LogP contribution in [0.25, 0.3) is 0 Å². The summed E-state index contributed by atoms with van der Waals surface area (Å²) in [6, 6.07) is 6.67. The number of aliphatic carboxylic acids is 1. The van der Waals surface area contributed by atoms with Crippen LogP contribution in [0, 0.1) is 5.92 Å². The Morgan fingerprint density at radius 1 is 1.21 bits per heavy atom. The Balaban J connectivity index is 1.83. The Kier molecular flexibility index (Phi) is 5.78. The molecule has 130 valence electrons. The van der Waals surface area contributed by atoms with E-state index in [9.17, 15) is 14.4 Å². The predicted molar refractivity (Wildman–Crippen MR) is 88.4 cm³/mol. The van der Waals surface area contributed by atoms with Gasteiger partial charge in [0.15, 0.2) is 0 Å². The molecule has 1 aromatic rings. The zero-order valence-electron chi connectivity index (χ0n) is 13.9. The first kappa shape index (κ1) is 17.8. The highest BCUT2D eigenvalue weighted by Gasteiger charge is 2.24. The van der Waals surface area contributed by atoms with Crippen molar-refractivity contribution in [2.24, 2.45) is 5.92 Å². The molecule has 0 saturated heterocycles. The van der Waals surface area contributed by atoms with Gasteiger partial charge in [-0.25, -0.2) is 9.59 Å². The number of nitrogens with zero attached hydrogens (tertiary/aromatic N) is 1. The van der Waals surface area contributed by atoms with Gasteiger partial charge in [0.25, 0.3) is 0 Å².